The van der Waals surface area contributed by atoms with Crippen LogP contribution < -0.4 is 10.6 Å². The van der Waals surface area contributed by atoms with Crippen LogP contribution in [-0.4, -0.2) is 42.0 Å². The van der Waals surface area contributed by atoms with Gasteiger partial charge in [-0.15, -0.1) is 0 Å². The van der Waals surface area contributed by atoms with E-state index in [2.05, 4.69) is 15.6 Å². The lowest BCUT2D eigenvalue weighted by Crippen LogP contribution is -2.28. The smallest absolute Gasteiger partial charge is 0.382 e. The fourth-order valence-electron chi connectivity index (χ4n) is 2.26. The van der Waals surface area contributed by atoms with Crippen LogP contribution in [0.3, 0.4) is 0 Å². The summed E-state index contributed by atoms with van der Waals surface area (Å²) in [6, 6.07) is 4.35. The Hall–Kier alpha value is -2.07. The maximum Gasteiger partial charge on any atom is 0.416 e. The molecule has 1 aromatic carbocycles. The van der Waals surface area contributed by atoms with E-state index in [0.29, 0.717) is 31.3 Å². The van der Waals surface area contributed by atoms with Crippen LogP contribution in [0.1, 0.15) is 25.3 Å². The molecule has 6 nitrogen and oxygen atoms in total. The SMILES string of the molecule is CCOCCCN=C1NC(=O)[C@H](CC(=O)Nc2cccc(C(F)(F)F)c2)S1. The lowest BCUT2D eigenvalue weighted by atomic mass is 10.2. The van der Waals surface area contributed by atoms with Crippen molar-refractivity contribution < 1.29 is 27.5 Å². The highest BCUT2D eigenvalue weighted by Crippen LogP contribution is 2.31. The van der Waals surface area contributed by atoms with Crippen molar-refractivity contribution in [2.24, 2.45) is 4.99 Å². The average molecular weight is 403 g/mol. The van der Waals surface area contributed by atoms with Crippen LogP contribution in [-0.2, 0) is 20.5 Å². The largest absolute Gasteiger partial charge is 0.416 e. The molecule has 1 fully saturated rings. The summed E-state index contributed by atoms with van der Waals surface area (Å²) >= 11 is 1.14. The van der Waals surface area contributed by atoms with Crippen LogP contribution in [0.25, 0.3) is 0 Å². The summed E-state index contributed by atoms with van der Waals surface area (Å²) in [6.07, 6.45) is -3.94. The molecule has 0 radical (unpaired) electrons. The molecule has 148 valence electrons. The molecule has 0 spiro atoms. The molecular formula is C17H20F3N3O3S. The number of ether oxygens (including phenoxy) is 1. The Kier molecular flexibility index (Phi) is 7.66. The van der Waals surface area contributed by atoms with Crippen LogP contribution in [0.4, 0.5) is 18.9 Å². The van der Waals surface area contributed by atoms with Crippen LogP contribution in [0, 0.1) is 0 Å². The van der Waals surface area contributed by atoms with Gasteiger partial charge in [0.2, 0.25) is 11.8 Å². The van der Waals surface area contributed by atoms with E-state index in [1.165, 1.54) is 12.1 Å². The molecule has 0 saturated carbocycles. The van der Waals surface area contributed by atoms with Crippen molar-refractivity contribution in [2.45, 2.75) is 31.2 Å². The van der Waals surface area contributed by atoms with E-state index in [9.17, 15) is 22.8 Å². The molecule has 1 heterocycles. The number of halogens is 3. The summed E-state index contributed by atoms with van der Waals surface area (Å²) in [4.78, 5) is 28.2. The van der Waals surface area contributed by atoms with Gasteiger partial charge in [-0.1, -0.05) is 17.8 Å². The monoisotopic (exact) mass is 403 g/mol. The Morgan fingerprint density at radius 1 is 1.41 bits per heavy atom. The Balaban J connectivity index is 1.85. The summed E-state index contributed by atoms with van der Waals surface area (Å²) in [6.45, 7) is 3.60. The first-order chi connectivity index (χ1) is 12.8. The molecule has 1 atom stereocenters. The zero-order valence-corrected chi connectivity index (χ0v) is 15.5. The Morgan fingerprint density at radius 2 is 2.19 bits per heavy atom. The molecule has 1 aliphatic rings. The number of rotatable bonds is 8. The first-order valence-corrected chi connectivity index (χ1v) is 9.24. The van der Waals surface area contributed by atoms with Gasteiger partial charge in [-0.25, -0.2) is 0 Å². The van der Waals surface area contributed by atoms with Crippen molar-refractivity contribution in [2.75, 3.05) is 25.1 Å². The molecule has 0 bridgehead atoms. The van der Waals surface area contributed by atoms with Crippen molar-refractivity contribution in [1.82, 2.24) is 5.32 Å². The third kappa shape index (κ3) is 6.87. The second-order valence-corrected chi connectivity index (χ2v) is 6.86. The molecule has 1 saturated heterocycles. The van der Waals surface area contributed by atoms with Crippen molar-refractivity contribution in [3.05, 3.63) is 29.8 Å². The normalized spacial score (nSPS) is 18.6. The number of benzene rings is 1. The first-order valence-electron chi connectivity index (χ1n) is 8.36. The van der Waals surface area contributed by atoms with E-state index in [0.717, 1.165) is 23.9 Å². The number of alkyl halides is 3. The van der Waals surface area contributed by atoms with Gasteiger partial charge in [-0.2, -0.15) is 13.2 Å². The summed E-state index contributed by atoms with van der Waals surface area (Å²) in [5.74, 6) is -0.887. The van der Waals surface area contributed by atoms with Gasteiger partial charge >= 0.3 is 6.18 Å². The van der Waals surface area contributed by atoms with Crippen molar-refractivity contribution in [3.63, 3.8) is 0 Å². The number of nitrogens with zero attached hydrogens (tertiary/aromatic N) is 1. The fourth-order valence-corrected chi connectivity index (χ4v) is 3.26. The number of carbonyl (C=O) groups excluding carboxylic acids is 2. The van der Waals surface area contributed by atoms with Gasteiger partial charge in [0, 0.05) is 31.9 Å². The van der Waals surface area contributed by atoms with Gasteiger partial charge in [-0.3, -0.25) is 14.6 Å². The van der Waals surface area contributed by atoms with Gasteiger partial charge in [0.05, 0.1) is 5.56 Å². The van der Waals surface area contributed by atoms with Crippen molar-refractivity contribution in [1.29, 1.82) is 0 Å². The average Bonchev–Trinajstić information content (AvgIpc) is 2.93. The van der Waals surface area contributed by atoms with Crippen LogP contribution in [0.15, 0.2) is 29.3 Å². The van der Waals surface area contributed by atoms with Gasteiger partial charge in [0.15, 0.2) is 5.17 Å². The lowest BCUT2D eigenvalue weighted by molar-refractivity contribution is -0.137. The van der Waals surface area contributed by atoms with Crippen LogP contribution in [0.2, 0.25) is 0 Å². The zero-order chi connectivity index (χ0) is 19.9. The Morgan fingerprint density at radius 3 is 2.89 bits per heavy atom. The molecule has 1 aliphatic heterocycles. The maximum absolute atomic E-state index is 12.7. The number of hydrogen-bond acceptors (Lipinski definition) is 5. The minimum Gasteiger partial charge on any atom is -0.382 e. The number of amides is 2. The van der Waals surface area contributed by atoms with Crippen molar-refractivity contribution in [3.8, 4) is 0 Å². The number of thioether (sulfide) groups is 1. The van der Waals surface area contributed by atoms with Crippen LogP contribution in [0.5, 0.6) is 0 Å². The Labute approximate surface area is 158 Å². The standard InChI is InChI=1S/C17H20F3N3O3S/c1-2-26-8-4-7-21-16-23-15(25)13(27-16)10-14(24)22-12-6-3-5-11(9-12)17(18,19)20/h3,5-6,9,13H,2,4,7-8,10H2,1H3,(H,22,24)(H,21,23,25)/t13-/m0/s1. The molecule has 27 heavy (non-hydrogen) atoms. The topological polar surface area (TPSA) is 79.8 Å². The van der Waals surface area contributed by atoms with E-state index in [1.54, 1.807) is 0 Å². The molecular weight excluding hydrogens is 383 g/mol. The molecule has 2 N–H and O–H groups in total. The molecule has 2 rings (SSSR count). The fraction of sp³-hybridized carbons (Fsp3) is 0.471. The van der Waals surface area contributed by atoms with E-state index in [-0.39, 0.29) is 18.0 Å². The third-order valence-corrected chi connectivity index (χ3v) is 4.65. The summed E-state index contributed by atoms with van der Waals surface area (Å²) < 4.78 is 43.3. The van der Waals surface area contributed by atoms with Gasteiger partial charge in [0.25, 0.3) is 0 Å². The molecule has 0 aromatic heterocycles. The molecule has 2 amide bonds. The maximum atomic E-state index is 12.7. The number of nitrogens with one attached hydrogen (secondary N) is 2. The summed E-state index contributed by atoms with van der Waals surface area (Å²) in [7, 11) is 0. The molecule has 0 unspecified atom stereocenters. The van der Waals surface area contributed by atoms with E-state index >= 15 is 0 Å². The number of aliphatic imine (C=N–C) groups is 1. The second-order valence-electron chi connectivity index (χ2n) is 5.66. The molecule has 10 heteroatoms. The van der Waals surface area contributed by atoms with Gasteiger partial charge < -0.3 is 15.4 Å². The predicted octanol–water partition coefficient (Wildman–Crippen LogP) is 3.05. The van der Waals surface area contributed by atoms with E-state index in [1.807, 2.05) is 6.92 Å². The van der Waals surface area contributed by atoms with Gasteiger partial charge in [-0.05, 0) is 31.5 Å². The lowest BCUT2D eigenvalue weighted by Gasteiger charge is -2.10. The van der Waals surface area contributed by atoms with E-state index < -0.39 is 22.9 Å². The number of hydrogen-bond donors (Lipinski definition) is 2. The highest BCUT2D eigenvalue weighted by molar-refractivity contribution is 8.15. The second kappa shape index (κ2) is 9.75. The number of carbonyl (C=O) groups is 2. The highest BCUT2D eigenvalue weighted by Gasteiger charge is 2.33. The van der Waals surface area contributed by atoms with Crippen molar-refractivity contribution >= 4 is 34.4 Å². The zero-order valence-electron chi connectivity index (χ0n) is 14.6. The summed E-state index contributed by atoms with van der Waals surface area (Å²) in [5, 5.41) is 4.76. The summed E-state index contributed by atoms with van der Waals surface area (Å²) in [5.41, 5.74) is -0.821. The van der Waals surface area contributed by atoms with E-state index in [4.69, 9.17) is 4.74 Å². The predicted molar refractivity (Wildman–Crippen MR) is 97.6 cm³/mol. The minimum absolute atomic E-state index is 0.0306. The number of anilines is 1. The Bertz CT molecular complexity index is 710. The van der Waals surface area contributed by atoms with Crippen LogP contribution >= 0.6 is 11.8 Å². The highest BCUT2D eigenvalue weighted by atomic mass is 32.2. The number of amidine groups is 1. The minimum atomic E-state index is -4.49. The third-order valence-electron chi connectivity index (χ3n) is 3.53. The molecule has 0 aliphatic carbocycles. The van der Waals surface area contributed by atoms with Gasteiger partial charge in [0.1, 0.15) is 5.25 Å². The molecule has 1 aromatic rings. The first kappa shape index (κ1) is 21.2. The quantitative estimate of drug-likeness (QED) is 0.654.